The summed E-state index contributed by atoms with van der Waals surface area (Å²) in [6.45, 7) is 1.12. The van der Waals surface area contributed by atoms with Crippen molar-refractivity contribution >= 4 is 17.5 Å². The fraction of sp³-hybridized carbons (Fsp3) is 0.214. The molecule has 0 radical (unpaired) electrons. The molecule has 0 N–H and O–H groups in total. The smallest absolute Gasteiger partial charge is 0.341 e. The number of hydrogen-bond acceptors (Lipinski definition) is 6. The maximum atomic E-state index is 11.8. The third-order valence-electron chi connectivity index (χ3n) is 3.08. The van der Waals surface area contributed by atoms with Crippen molar-refractivity contribution in [2.45, 2.75) is 0 Å². The first kappa shape index (κ1) is 12.4. The van der Waals surface area contributed by atoms with Crippen molar-refractivity contribution in [2.75, 3.05) is 25.2 Å². The second-order valence-electron chi connectivity index (χ2n) is 4.21. The molecule has 1 aromatic heterocycles. The van der Waals surface area contributed by atoms with Crippen LogP contribution < -0.4 is 9.64 Å². The molecule has 20 heavy (non-hydrogen) atoms. The molecule has 0 spiro atoms. The Morgan fingerprint density at radius 3 is 3.05 bits per heavy atom. The summed E-state index contributed by atoms with van der Waals surface area (Å²) in [5, 5.41) is 0. The first-order valence-corrected chi connectivity index (χ1v) is 6.19. The molecule has 0 saturated carbocycles. The highest BCUT2D eigenvalue weighted by molar-refractivity contribution is 5.95. The second kappa shape index (κ2) is 5.16. The van der Waals surface area contributed by atoms with Gasteiger partial charge in [-0.2, -0.15) is 0 Å². The molecule has 0 amide bonds. The molecule has 0 atom stereocenters. The number of benzene rings is 1. The molecule has 2 aromatic rings. The Balaban J connectivity index is 2.08. The number of ether oxygens (including phenoxy) is 2. The fourth-order valence-corrected chi connectivity index (χ4v) is 2.19. The second-order valence-corrected chi connectivity index (χ2v) is 4.21. The molecule has 2 heterocycles. The first-order valence-electron chi connectivity index (χ1n) is 6.19. The van der Waals surface area contributed by atoms with Crippen LogP contribution in [0.15, 0.2) is 36.8 Å². The lowest BCUT2D eigenvalue weighted by molar-refractivity contribution is 0.0596. The Morgan fingerprint density at radius 2 is 2.30 bits per heavy atom. The Kier molecular flexibility index (Phi) is 3.20. The van der Waals surface area contributed by atoms with E-state index in [1.165, 1.54) is 7.11 Å². The first-order chi connectivity index (χ1) is 9.81. The van der Waals surface area contributed by atoms with Crippen molar-refractivity contribution in [2.24, 2.45) is 0 Å². The minimum absolute atomic E-state index is 0.414. The highest BCUT2D eigenvalue weighted by Gasteiger charge is 2.25. The number of carbonyl (C=O) groups excluding carboxylic acids is 1. The monoisotopic (exact) mass is 271 g/mol. The molecule has 0 aliphatic carbocycles. The normalized spacial score (nSPS) is 13.3. The average molecular weight is 271 g/mol. The zero-order valence-corrected chi connectivity index (χ0v) is 10.9. The summed E-state index contributed by atoms with van der Waals surface area (Å²) < 4.78 is 10.4. The number of esters is 1. The van der Waals surface area contributed by atoms with Gasteiger partial charge in [0.05, 0.1) is 25.5 Å². The highest BCUT2D eigenvalue weighted by Crippen LogP contribution is 2.38. The summed E-state index contributed by atoms with van der Waals surface area (Å²) in [6, 6.07) is 5.36. The number of methoxy groups -OCH3 is 1. The van der Waals surface area contributed by atoms with Crippen LogP contribution in [0, 0.1) is 0 Å². The number of carbonyl (C=O) groups is 1. The number of nitrogens with zero attached hydrogens (tertiary/aromatic N) is 3. The molecule has 0 bridgehead atoms. The molecule has 3 rings (SSSR count). The third-order valence-corrected chi connectivity index (χ3v) is 3.08. The van der Waals surface area contributed by atoms with Crippen LogP contribution in [0.25, 0.3) is 0 Å². The van der Waals surface area contributed by atoms with E-state index in [-0.39, 0.29) is 0 Å². The zero-order valence-electron chi connectivity index (χ0n) is 10.9. The molecular formula is C14H13N3O3. The van der Waals surface area contributed by atoms with Gasteiger partial charge in [-0.3, -0.25) is 4.98 Å². The van der Waals surface area contributed by atoms with Crippen LogP contribution in [0.5, 0.6) is 5.75 Å². The van der Waals surface area contributed by atoms with Crippen molar-refractivity contribution in [3.8, 4) is 5.75 Å². The lowest BCUT2D eigenvalue weighted by Crippen LogP contribution is -2.30. The van der Waals surface area contributed by atoms with Gasteiger partial charge in [-0.1, -0.05) is 6.07 Å². The van der Waals surface area contributed by atoms with Gasteiger partial charge in [-0.15, -0.1) is 0 Å². The molecule has 0 fully saturated rings. The van der Waals surface area contributed by atoms with Gasteiger partial charge in [0.1, 0.15) is 12.2 Å². The zero-order chi connectivity index (χ0) is 13.9. The van der Waals surface area contributed by atoms with Crippen LogP contribution in [-0.4, -0.2) is 36.2 Å². The number of para-hydroxylation sites is 1. The van der Waals surface area contributed by atoms with Crippen LogP contribution >= 0.6 is 0 Å². The van der Waals surface area contributed by atoms with E-state index < -0.39 is 5.97 Å². The van der Waals surface area contributed by atoms with Gasteiger partial charge in [-0.25, -0.2) is 9.78 Å². The van der Waals surface area contributed by atoms with Gasteiger partial charge in [0.15, 0.2) is 11.6 Å². The number of fused-ring (bicyclic) bond motifs is 1. The topological polar surface area (TPSA) is 64.6 Å². The maximum absolute atomic E-state index is 11.8. The van der Waals surface area contributed by atoms with E-state index in [1.54, 1.807) is 30.7 Å². The minimum Gasteiger partial charge on any atom is -0.489 e. The van der Waals surface area contributed by atoms with E-state index in [9.17, 15) is 4.79 Å². The van der Waals surface area contributed by atoms with E-state index >= 15 is 0 Å². The van der Waals surface area contributed by atoms with E-state index in [4.69, 9.17) is 9.47 Å². The van der Waals surface area contributed by atoms with Crippen LogP contribution in [0.4, 0.5) is 11.5 Å². The standard InChI is InChI=1S/C14H13N3O3/c1-19-14(18)10-3-2-4-11-13(10)20-8-7-17(11)12-9-15-5-6-16-12/h2-6,9H,7-8H2,1H3. The van der Waals surface area contributed by atoms with Crippen molar-refractivity contribution in [1.82, 2.24) is 9.97 Å². The molecular weight excluding hydrogens is 258 g/mol. The molecule has 1 aromatic carbocycles. The Morgan fingerprint density at radius 1 is 1.40 bits per heavy atom. The SMILES string of the molecule is COC(=O)c1cccc2c1OCCN2c1cnccn1. The lowest BCUT2D eigenvalue weighted by atomic mass is 10.1. The number of hydrogen-bond donors (Lipinski definition) is 0. The fourth-order valence-electron chi connectivity index (χ4n) is 2.19. The van der Waals surface area contributed by atoms with Gasteiger partial charge in [0.25, 0.3) is 0 Å². The largest absolute Gasteiger partial charge is 0.489 e. The predicted molar refractivity (Wildman–Crippen MR) is 72.3 cm³/mol. The van der Waals surface area contributed by atoms with Gasteiger partial charge >= 0.3 is 5.97 Å². The average Bonchev–Trinajstić information content (AvgIpc) is 2.54. The molecule has 0 saturated heterocycles. The van der Waals surface area contributed by atoms with Gasteiger partial charge in [0.2, 0.25) is 0 Å². The minimum atomic E-state index is -0.414. The van der Waals surface area contributed by atoms with Crippen LogP contribution in [0.2, 0.25) is 0 Å². The summed E-state index contributed by atoms with van der Waals surface area (Å²) in [5.41, 5.74) is 1.21. The summed E-state index contributed by atoms with van der Waals surface area (Å²) in [5.74, 6) is 0.832. The van der Waals surface area contributed by atoms with Gasteiger partial charge < -0.3 is 14.4 Å². The van der Waals surface area contributed by atoms with Crippen molar-refractivity contribution in [3.63, 3.8) is 0 Å². The van der Waals surface area contributed by atoms with E-state index in [1.807, 2.05) is 11.0 Å². The lowest BCUT2D eigenvalue weighted by Gasteiger charge is -2.30. The van der Waals surface area contributed by atoms with E-state index in [0.29, 0.717) is 24.5 Å². The summed E-state index contributed by atoms with van der Waals surface area (Å²) in [4.78, 5) is 22.1. The van der Waals surface area contributed by atoms with Crippen LogP contribution in [0.3, 0.4) is 0 Å². The highest BCUT2D eigenvalue weighted by atomic mass is 16.5. The Bertz CT molecular complexity index is 631. The molecule has 0 unspecified atom stereocenters. The van der Waals surface area contributed by atoms with Crippen molar-refractivity contribution < 1.29 is 14.3 Å². The number of rotatable bonds is 2. The molecule has 102 valence electrons. The van der Waals surface area contributed by atoms with Gasteiger partial charge in [0, 0.05) is 12.4 Å². The third kappa shape index (κ3) is 2.05. The van der Waals surface area contributed by atoms with Gasteiger partial charge in [-0.05, 0) is 12.1 Å². The summed E-state index contributed by atoms with van der Waals surface area (Å²) >= 11 is 0. The predicted octanol–water partition coefficient (Wildman–Crippen LogP) is 1.79. The molecule has 6 nitrogen and oxygen atoms in total. The summed E-state index contributed by atoms with van der Waals surface area (Å²) in [7, 11) is 1.35. The maximum Gasteiger partial charge on any atom is 0.341 e. The Labute approximate surface area is 116 Å². The molecule has 1 aliphatic rings. The van der Waals surface area contributed by atoms with Crippen molar-refractivity contribution in [1.29, 1.82) is 0 Å². The molecule has 6 heteroatoms. The number of anilines is 2. The Hall–Kier alpha value is -2.63. The number of aromatic nitrogens is 2. The quantitative estimate of drug-likeness (QED) is 0.776. The van der Waals surface area contributed by atoms with E-state index in [2.05, 4.69) is 9.97 Å². The van der Waals surface area contributed by atoms with Crippen LogP contribution in [-0.2, 0) is 4.74 Å². The van der Waals surface area contributed by atoms with Crippen molar-refractivity contribution in [3.05, 3.63) is 42.4 Å². The van der Waals surface area contributed by atoms with Crippen LogP contribution in [0.1, 0.15) is 10.4 Å². The van der Waals surface area contributed by atoms with E-state index in [0.717, 1.165) is 11.5 Å². The summed E-state index contributed by atoms with van der Waals surface area (Å²) in [6.07, 6.45) is 4.93. The molecule has 1 aliphatic heterocycles.